The molecule has 0 radical (unpaired) electrons. The quantitative estimate of drug-likeness (QED) is 0.626. The number of aromatic amines is 2. The molecule has 20 heavy (non-hydrogen) atoms. The van der Waals surface area contributed by atoms with Crippen LogP contribution in [0.2, 0.25) is 0 Å². The minimum Gasteiger partial charge on any atom is -0.378 e. The molecule has 0 aliphatic carbocycles. The van der Waals surface area contributed by atoms with Crippen molar-refractivity contribution in [2.24, 2.45) is 5.92 Å². The van der Waals surface area contributed by atoms with Crippen LogP contribution >= 0.6 is 0 Å². The van der Waals surface area contributed by atoms with Gasteiger partial charge >= 0.3 is 11.1 Å². The summed E-state index contributed by atoms with van der Waals surface area (Å²) in [4.78, 5) is 39.8. The van der Waals surface area contributed by atoms with Gasteiger partial charge in [-0.05, 0) is 31.5 Å². The van der Waals surface area contributed by atoms with E-state index in [1.165, 1.54) is 0 Å². The molecule has 2 heterocycles. The number of nitrogens with one attached hydrogen (secondary N) is 2. The highest BCUT2D eigenvalue weighted by Crippen LogP contribution is 2.23. The summed E-state index contributed by atoms with van der Waals surface area (Å²) >= 11 is 0. The van der Waals surface area contributed by atoms with E-state index in [4.69, 9.17) is 4.74 Å². The maximum atomic E-state index is 12.3. The van der Waals surface area contributed by atoms with Gasteiger partial charge in [0.25, 0.3) is 0 Å². The number of H-pyrrole nitrogens is 2. The Bertz CT molecular complexity index is 790. The Kier molecular flexibility index (Phi) is 3.02. The van der Waals surface area contributed by atoms with Gasteiger partial charge in [-0.2, -0.15) is 0 Å². The Labute approximate surface area is 113 Å². The fourth-order valence-electron chi connectivity index (χ4n) is 2.50. The number of aromatic nitrogens is 2. The summed E-state index contributed by atoms with van der Waals surface area (Å²) in [5, 5.41) is 0. The average Bonchev–Trinajstić information content (AvgIpc) is 2.85. The number of hydrogen-bond donors (Lipinski definition) is 2. The molecule has 3 rings (SSSR count). The Morgan fingerprint density at radius 1 is 1.20 bits per heavy atom. The van der Waals surface area contributed by atoms with E-state index in [0.717, 1.165) is 0 Å². The topological polar surface area (TPSA) is 92.0 Å². The summed E-state index contributed by atoms with van der Waals surface area (Å²) in [5.41, 5.74) is 0.0482. The number of hydrogen-bond acceptors (Lipinski definition) is 4. The number of ketones is 1. The van der Waals surface area contributed by atoms with Crippen molar-refractivity contribution in [2.45, 2.75) is 19.4 Å². The van der Waals surface area contributed by atoms with E-state index in [9.17, 15) is 14.4 Å². The molecule has 2 atom stereocenters. The summed E-state index contributed by atoms with van der Waals surface area (Å²) in [7, 11) is 0. The molecule has 104 valence electrons. The number of fused-ring (bicyclic) bond motifs is 1. The Hall–Kier alpha value is -2.21. The number of carbonyl (C=O) groups excluding carboxylic acids is 1. The van der Waals surface area contributed by atoms with Crippen LogP contribution < -0.4 is 11.1 Å². The average molecular weight is 274 g/mol. The molecule has 1 aliphatic rings. The number of rotatable bonds is 2. The van der Waals surface area contributed by atoms with Gasteiger partial charge in [0, 0.05) is 11.5 Å². The lowest BCUT2D eigenvalue weighted by atomic mass is 9.95. The molecule has 0 saturated carbocycles. The van der Waals surface area contributed by atoms with E-state index in [2.05, 4.69) is 9.97 Å². The summed E-state index contributed by atoms with van der Waals surface area (Å²) in [6, 6.07) is 4.87. The van der Waals surface area contributed by atoms with Crippen molar-refractivity contribution < 1.29 is 9.53 Å². The largest absolute Gasteiger partial charge is 0.378 e. The van der Waals surface area contributed by atoms with Crippen LogP contribution in [0.25, 0.3) is 11.0 Å². The minimum atomic E-state index is -0.722. The van der Waals surface area contributed by atoms with E-state index in [1.807, 2.05) is 6.92 Å². The molecule has 1 aromatic carbocycles. The molecule has 6 heteroatoms. The monoisotopic (exact) mass is 274 g/mol. The zero-order valence-electron chi connectivity index (χ0n) is 10.9. The first-order valence-electron chi connectivity index (χ1n) is 6.47. The van der Waals surface area contributed by atoms with Gasteiger partial charge in [-0.1, -0.05) is 0 Å². The lowest BCUT2D eigenvalue weighted by Gasteiger charge is -2.07. The highest BCUT2D eigenvalue weighted by atomic mass is 16.5. The summed E-state index contributed by atoms with van der Waals surface area (Å²) in [6.45, 7) is 2.37. The third-order valence-corrected chi connectivity index (χ3v) is 3.58. The predicted molar refractivity (Wildman–Crippen MR) is 73.0 cm³/mol. The Morgan fingerprint density at radius 2 is 1.90 bits per heavy atom. The standard InChI is InChI=1S/C14H14N2O4/c1-7-4-9(6-20-7)12(17)8-2-3-10-11(5-8)16-14(19)13(18)15-10/h2-3,5,7,9H,4,6H2,1H3,(H,15,18)(H,16,19). The van der Waals surface area contributed by atoms with Crippen LogP contribution in [0.5, 0.6) is 0 Å². The molecule has 2 N–H and O–H groups in total. The van der Waals surface area contributed by atoms with E-state index >= 15 is 0 Å². The minimum absolute atomic E-state index is 0.00305. The molecule has 1 aliphatic heterocycles. The molecule has 6 nitrogen and oxygen atoms in total. The van der Waals surface area contributed by atoms with Crippen molar-refractivity contribution in [1.82, 2.24) is 9.97 Å². The van der Waals surface area contributed by atoms with Crippen LogP contribution in [0.15, 0.2) is 27.8 Å². The van der Waals surface area contributed by atoms with Gasteiger partial charge in [0.05, 0.1) is 23.7 Å². The molecule has 0 bridgehead atoms. The predicted octanol–water partition coefficient (Wildman–Crippen LogP) is 0.824. The van der Waals surface area contributed by atoms with Gasteiger partial charge in [-0.15, -0.1) is 0 Å². The van der Waals surface area contributed by atoms with Crippen molar-refractivity contribution >= 4 is 16.8 Å². The van der Waals surface area contributed by atoms with Crippen molar-refractivity contribution in [3.63, 3.8) is 0 Å². The molecular weight excluding hydrogens is 260 g/mol. The molecule has 1 saturated heterocycles. The van der Waals surface area contributed by atoms with E-state index < -0.39 is 11.1 Å². The first-order chi connectivity index (χ1) is 9.54. The normalized spacial score (nSPS) is 22.2. The highest BCUT2D eigenvalue weighted by Gasteiger charge is 2.29. The lowest BCUT2D eigenvalue weighted by Crippen LogP contribution is -2.29. The third kappa shape index (κ3) is 2.18. The van der Waals surface area contributed by atoms with Gasteiger partial charge in [-0.25, -0.2) is 0 Å². The van der Waals surface area contributed by atoms with Crippen LogP contribution in [0.4, 0.5) is 0 Å². The van der Waals surface area contributed by atoms with Crippen LogP contribution in [0.1, 0.15) is 23.7 Å². The van der Waals surface area contributed by atoms with Crippen LogP contribution in [0, 0.1) is 5.92 Å². The molecular formula is C14H14N2O4. The van der Waals surface area contributed by atoms with Crippen molar-refractivity contribution in [1.29, 1.82) is 0 Å². The second kappa shape index (κ2) is 4.72. The Balaban J connectivity index is 2.00. The van der Waals surface area contributed by atoms with Gasteiger partial charge in [0.15, 0.2) is 5.78 Å². The Morgan fingerprint density at radius 3 is 2.55 bits per heavy atom. The van der Waals surface area contributed by atoms with Gasteiger partial charge < -0.3 is 14.7 Å². The van der Waals surface area contributed by atoms with Gasteiger partial charge in [0.1, 0.15) is 0 Å². The molecule has 2 aromatic rings. The molecule has 0 spiro atoms. The molecule has 2 unspecified atom stereocenters. The second-order valence-electron chi connectivity index (χ2n) is 5.11. The number of benzene rings is 1. The van der Waals surface area contributed by atoms with Crippen LogP contribution in [-0.2, 0) is 4.74 Å². The first kappa shape index (κ1) is 12.8. The van der Waals surface area contributed by atoms with Crippen molar-refractivity contribution in [3.8, 4) is 0 Å². The van der Waals surface area contributed by atoms with Crippen LogP contribution in [-0.4, -0.2) is 28.5 Å². The SMILES string of the molecule is CC1CC(C(=O)c2ccc3[nH]c(=O)c(=O)[nH]c3c2)CO1. The first-order valence-corrected chi connectivity index (χ1v) is 6.47. The van der Waals surface area contributed by atoms with Crippen molar-refractivity contribution in [3.05, 3.63) is 44.5 Å². The third-order valence-electron chi connectivity index (χ3n) is 3.58. The van der Waals surface area contributed by atoms with Crippen molar-refractivity contribution in [2.75, 3.05) is 6.61 Å². The number of Topliss-reactive ketones (excluding diaryl/α,β-unsaturated/α-hetero) is 1. The highest BCUT2D eigenvalue weighted by molar-refractivity contribution is 6.00. The van der Waals surface area contributed by atoms with E-state index in [-0.39, 0.29) is 17.8 Å². The summed E-state index contributed by atoms with van der Waals surface area (Å²) < 4.78 is 5.40. The second-order valence-corrected chi connectivity index (χ2v) is 5.11. The van der Waals surface area contributed by atoms with Crippen LogP contribution in [0.3, 0.4) is 0 Å². The number of ether oxygens (including phenoxy) is 1. The number of carbonyl (C=O) groups is 1. The zero-order chi connectivity index (χ0) is 14.3. The van der Waals surface area contributed by atoms with Gasteiger partial charge in [-0.3, -0.25) is 14.4 Å². The summed E-state index contributed by atoms with van der Waals surface area (Å²) in [6.07, 6.45) is 0.805. The summed E-state index contributed by atoms with van der Waals surface area (Å²) in [5.74, 6) is -0.139. The lowest BCUT2D eigenvalue weighted by molar-refractivity contribution is 0.0878. The fourth-order valence-corrected chi connectivity index (χ4v) is 2.50. The van der Waals surface area contributed by atoms with E-state index in [0.29, 0.717) is 29.6 Å². The molecule has 1 aromatic heterocycles. The maximum Gasteiger partial charge on any atom is 0.314 e. The maximum absolute atomic E-state index is 12.3. The molecule has 1 fully saturated rings. The molecule has 0 amide bonds. The van der Waals surface area contributed by atoms with Gasteiger partial charge in [0.2, 0.25) is 0 Å². The van der Waals surface area contributed by atoms with E-state index in [1.54, 1.807) is 18.2 Å². The zero-order valence-corrected chi connectivity index (χ0v) is 10.9. The smallest absolute Gasteiger partial charge is 0.314 e. The fraction of sp³-hybridized carbons (Fsp3) is 0.357.